The topological polar surface area (TPSA) is 116 Å². The van der Waals surface area contributed by atoms with Gasteiger partial charge in [-0.25, -0.2) is 0 Å². The highest BCUT2D eigenvalue weighted by Crippen LogP contribution is 2.33. The maximum atomic E-state index is 11.1. The second-order valence-corrected chi connectivity index (χ2v) is 6.02. The van der Waals surface area contributed by atoms with Gasteiger partial charge in [-0.3, -0.25) is 0 Å². The Morgan fingerprint density at radius 2 is 2.04 bits per heavy atom. The second-order valence-electron chi connectivity index (χ2n) is 5.17. The average Bonchev–Trinajstić information content (AvgIpc) is 2.97. The summed E-state index contributed by atoms with van der Waals surface area (Å²) in [6.07, 6.45) is 5.68. The molecule has 2 atom stereocenters. The molecule has 0 fully saturated rings. The average molecular weight is 377 g/mol. The first-order valence-corrected chi connectivity index (χ1v) is 7.95. The lowest BCUT2D eigenvalue weighted by Crippen LogP contribution is -3.07. The number of hydrogen-bond donors (Lipinski definition) is 2. The number of nitrogens with one attached hydrogen (secondary N) is 1. The molecule has 132 valence electrons. The van der Waals surface area contributed by atoms with Gasteiger partial charge < -0.3 is 20.4 Å². The van der Waals surface area contributed by atoms with E-state index in [-0.39, 0.29) is 0 Å². The lowest BCUT2D eigenvalue weighted by molar-refractivity contribution is -0.812. The van der Waals surface area contributed by atoms with Crippen LogP contribution in [0.3, 0.4) is 0 Å². The van der Waals surface area contributed by atoms with Crippen LogP contribution in [-0.4, -0.2) is 29.4 Å². The van der Waals surface area contributed by atoms with Crippen LogP contribution in [0.5, 0.6) is 0 Å². The summed E-state index contributed by atoms with van der Waals surface area (Å²) in [5, 5.41) is 31.8. The van der Waals surface area contributed by atoms with Gasteiger partial charge in [-0.15, -0.1) is 0 Å². The second kappa shape index (κ2) is 9.53. The fourth-order valence-corrected chi connectivity index (χ4v) is 2.89. The van der Waals surface area contributed by atoms with Gasteiger partial charge in [-0.05, 0) is 18.6 Å². The van der Waals surface area contributed by atoms with E-state index >= 15 is 0 Å². The van der Waals surface area contributed by atoms with Gasteiger partial charge in [0.2, 0.25) is 6.34 Å². The molecule has 1 aliphatic heterocycles. The Bertz CT molecular complexity index is 611. The largest absolute Gasteiger partial charge is 0.379 e. The van der Waals surface area contributed by atoms with E-state index in [0.717, 1.165) is 17.9 Å². The number of benzene rings is 1. The first-order valence-electron chi connectivity index (χ1n) is 7.19. The molecule has 2 N–H and O–H groups in total. The lowest BCUT2D eigenvalue weighted by atomic mass is 9.88. The normalized spacial score (nSPS) is 17.9. The SMILES string of the molecule is CCCCC(O)(C[NH+]1C=NC=N1)c1ccc(Cl)cc1Cl.O=[N+]([O-])[O-]. The van der Waals surface area contributed by atoms with Gasteiger partial charge in [0.1, 0.15) is 12.1 Å². The van der Waals surface area contributed by atoms with Crippen LogP contribution >= 0.6 is 23.2 Å². The summed E-state index contributed by atoms with van der Waals surface area (Å²) in [7, 11) is 0. The highest BCUT2D eigenvalue weighted by atomic mass is 35.5. The molecule has 1 aliphatic rings. The zero-order valence-electron chi connectivity index (χ0n) is 13.0. The van der Waals surface area contributed by atoms with Crippen LogP contribution in [0.4, 0.5) is 0 Å². The van der Waals surface area contributed by atoms with Gasteiger partial charge in [-0.2, -0.15) is 10.0 Å². The first kappa shape index (κ1) is 20.3. The molecule has 0 aromatic heterocycles. The zero-order valence-corrected chi connectivity index (χ0v) is 14.5. The molecule has 0 radical (unpaired) electrons. The summed E-state index contributed by atoms with van der Waals surface area (Å²) in [4.78, 5) is 12.2. The number of unbranched alkanes of at least 4 members (excludes halogenated alkanes) is 1. The third-order valence-electron chi connectivity index (χ3n) is 3.36. The molecular formula is C14H18Cl2N4O4. The van der Waals surface area contributed by atoms with Crippen molar-refractivity contribution in [2.75, 3.05) is 6.54 Å². The maximum Gasteiger partial charge on any atom is 0.216 e. The lowest BCUT2D eigenvalue weighted by Gasteiger charge is -2.28. The van der Waals surface area contributed by atoms with E-state index in [1.807, 2.05) is 0 Å². The van der Waals surface area contributed by atoms with Gasteiger partial charge in [0.25, 0.3) is 0 Å². The van der Waals surface area contributed by atoms with Gasteiger partial charge in [-0.1, -0.05) is 54.1 Å². The minimum absolute atomic E-state index is 0.397. The Kier molecular flexibility index (Phi) is 8.06. The summed E-state index contributed by atoms with van der Waals surface area (Å²) >= 11 is 12.2. The number of aliphatic imine (C=N–C) groups is 1. The van der Waals surface area contributed by atoms with Crippen molar-refractivity contribution in [3.8, 4) is 0 Å². The van der Waals surface area contributed by atoms with Crippen LogP contribution in [0.1, 0.15) is 31.7 Å². The standard InChI is InChI=1S/C14H17Cl2N3O.NO3/c1-2-3-6-14(20,8-19-10-17-9-18-19)12-5-4-11(15)7-13(12)16;2-1(3)4/h4-5,7,9-10,20H,2-3,6,8H2,1H3;/q;-1/p+1. The van der Waals surface area contributed by atoms with Crippen molar-refractivity contribution in [2.45, 2.75) is 31.8 Å². The monoisotopic (exact) mass is 376 g/mol. The van der Waals surface area contributed by atoms with Gasteiger partial charge in [0.15, 0.2) is 6.34 Å². The maximum absolute atomic E-state index is 11.1. The molecule has 0 bridgehead atoms. The van der Waals surface area contributed by atoms with E-state index in [1.165, 1.54) is 6.34 Å². The molecule has 1 aromatic carbocycles. The van der Waals surface area contributed by atoms with Crippen molar-refractivity contribution in [3.63, 3.8) is 0 Å². The molecular weight excluding hydrogens is 359 g/mol. The van der Waals surface area contributed by atoms with E-state index in [2.05, 4.69) is 17.0 Å². The summed E-state index contributed by atoms with van der Waals surface area (Å²) < 4.78 is 0. The number of nitrogens with zero attached hydrogens (tertiary/aromatic N) is 3. The fourth-order valence-electron chi connectivity index (χ4n) is 2.31. The number of hydrogen-bond acceptors (Lipinski definition) is 6. The summed E-state index contributed by atoms with van der Waals surface area (Å²) in [6.45, 7) is 2.49. The van der Waals surface area contributed by atoms with Crippen LogP contribution in [-0.2, 0) is 5.60 Å². The molecule has 0 saturated heterocycles. The van der Waals surface area contributed by atoms with Crippen molar-refractivity contribution in [3.05, 3.63) is 49.1 Å². The zero-order chi connectivity index (χ0) is 18.2. The third kappa shape index (κ3) is 6.40. The Balaban J connectivity index is 0.000000648. The summed E-state index contributed by atoms with van der Waals surface area (Å²) in [5.74, 6) is 0. The molecule has 1 aromatic rings. The molecule has 2 unspecified atom stereocenters. The third-order valence-corrected chi connectivity index (χ3v) is 3.91. The van der Waals surface area contributed by atoms with Crippen LogP contribution in [0.2, 0.25) is 10.0 Å². The Morgan fingerprint density at radius 1 is 1.38 bits per heavy atom. The van der Waals surface area contributed by atoms with E-state index in [0.29, 0.717) is 28.6 Å². The van der Waals surface area contributed by atoms with Gasteiger partial charge >= 0.3 is 0 Å². The quantitative estimate of drug-likeness (QED) is 0.583. The van der Waals surface area contributed by atoms with Crippen LogP contribution in [0.25, 0.3) is 0 Å². The van der Waals surface area contributed by atoms with Crippen molar-refractivity contribution in [1.82, 2.24) is 0 Å². The van der Waals surface area contributed by atoms with Gasteiger partial charge in [0.05, 0.1) is 5.09 Å². The first-order chi connectivity index (χ1) is 11.3. The van der Waals surface area contributed by atoms with E-state index in [1.54, 1.807) is 24.5 Å². The fraction of sp³-hybridized carbons (Fsp3) is 0.429. The van der Waals surface area contributed by atoms with Gasteiger partial charge in [0, 0.05) is 15.6 Å². The van der Waals surface area contributed by atoms with Crippen molar-refractivity contribution >= 4 is 35.9 Å². The number of rotatable bonds is 6. The Hall–Kier alpha value is -1.74. The van der Waals surface area contributed by atoms with Crippen LogP contribution < -0.4 is 5.01 Å². The Labute approximate surface area is 149 Å². The van der Waals surface area contributed by atoms with E-state index in [4.69, 9.17) is 38.5 Å². The number of quaternary nitrogens is 1. The molecule has 0 saturated carbocycles. The minimum atomic E-state index is -1.75. The van der Waals surface area contributed by atoms with Crippen molar-refractivity contribution < 1.29 is 15.2 Å². The van der Waals surface area contributed by atoms with Crippen LogP contribution in [0.15, 0.2) is 28.3 Å². The molecule has 0 spiro atoms. The minimum Gasteiger partial charge on any atom is -0.379 e. The van der Waals surface area contributed by atoms with Crippen molar-refractivity contribution in [1.29, 1.82) is 0 Å². The highest BCUT2D eigenvalue weighted by Gasteiger charge is 2.36. The number of halogens is 2. The summed E-state index contributed by atoms with van der Waals surface area (Å²) in [6, 6.07) is 5.19. The van der Waals surface area contributed by atoms with Crippen molar-refractivity contribution in [2.24, 2.45) is 10.1 Å². The smallest absolute Gasteiger partial charge is 0.216 e. The molecule has 2 rings (SSSR count). The molecule has 10 heteroatoms. The van der Waals surface area contributed by atoms with E-state index < -0.39 is 10.7 Å². The Morgan fingerprint density at radius 3 is 2.54 bits per heavy atom. The molecule has 24 heavy (non-hydrogen) atoms. The van der Waals surface area contributed by atoms with E-state index in [9.17, 15) is 5.11 Å². The molecule has 1 heterocycles. The molecule has 0 amide bonds. The predicted octanol–water partition coefficient (Wildman–Crippen LogP) is 2.00. The highest BCUT2D eigenvalue weighted by molar-refractivity contribution is 6.35. The summed E-state index contributed by atoms with van der Waals surface area (Å²) in [5.41, 5.74) is -0.346. The molecule has 0 aliphatic carbocycles. The number of aliphatic hydroxyl groups is 1. The predicted molar refractivity (Wildman–Crippen MR) is 93.1 cm³/mol. The molecule has 8 nitrogen and oxygen atoms in total. The van der Waals surface area contributed by atoms with Crippen LogP contribution in [0, 0.1) is 15.3 Å².